The number of benzene rings is 6. The highest BCUT2D eigenvalue weighted by atomic mass is 32.2. The van der Waals surface area contributed by atoms with Crippen LogP contribution in [0.4, 0.5) is 45.5 Å². The molecule has 1 heterocycles. The van der Waals surface area contributed by atoms with Crippen LogP contribution in [0.25, 0.3) is 9.81 Å². The summed E-state index contributed by atoms with van der Waals surface area (Å²) in [7, 11) is 0. The van der Waals surface area contributed by atoms with Gasteiger partial charge in [-0.15, -0.1) is 11.8 Å². The molecule has 0 atom stereocenters. The Morgan fingerprint density at radius 2 is 0.543 bits per heavy atom. The van der Waals surface area contributed by atoms with Gasteiger partial charge in [-0.1, -0.05) is 72.4 Å². The molecule has 0 saturated carbocycles. The molecule has 0 aromatic heterocycles. The fraction of sp³-hybridized carbons (Fsp3) is 0. The summed E-state index contributed by atoms with van der Waals surface area (Å²) in [5, 5.41) is 18.3. The summed E-state index contributed by atoms with van der Waals surface area (Å²) in [6.45, 7) is 0. The molecule has 1 aliphatic heterocycles. The lowest BCUT2D eigenvalue weighted by atomic mass is 10.2. The number of anilines is 8. The van der Waals surface area contributed by atoms with Crippen molar-refractivity contribution in [2.75, 3.05) is 21.3 Å². The molecule has 6 aromatic rings. The Morgan fingerprint density at radius 3 is 0.848 bits per heavy atom. The summed E-state index contributed by atoms with van der Waals surface area (Å²) < 4.78 is 0. The number of para-hydroxylation sites is 2. The van der Waals surface area contributed by atoms with Gasteiger partial charge in [-0.25, -0.2) is 0 Å². The number of hydrogen-bond donors (Lipinski definition) is 4. The van der Waals surface area contributed by atoms with E-state index in [9.17, 15) is 0 Å². The molecule has 1 aliphatic rings. The number of thioether (sulfide) groups is 2. The number of hydrogen-bond acceptors (Lipinski definition) is 6. The van der Waals surface area contributed by atoms with Gasteiger partial charge < -0.3 is 21.3 Å². The second-order valence-electron chi connectivity index (χ2n) is 10.7. The van der Waals surface area contributed by atoms with Crippen molar-refractivity contribution in [3.63, 3.8) is 0 Å². The minimum Gasteiger partial charge on any atom is -0.356 e. The molecule has 0 saturated heterocycles. The normalized spacial score (nSPS) is 12.4. The van der Waals surface area contributed by atoms with Gasteiger partial charge in [0.1, 0.15) is 0 Å². The summed E-state index contributed by atoms with van der Waals surface area (Å²) >= 11 is 3.54. The van der Waals surface area contributed by atoms with Gasteiger partial charge in [0.15, 0.2) is 0 Å². The van der Waals surface area contributed by atoms with Gasteiger partial charge in [0.05, 0.1) is 0 Å². The van der Waals surface area contributed by atoms with Gasteiger partial charge >= 0.3 is 0 Å². The van der Waals surface area contributed by atoms with Crippen LogP contribution in [0.5, 0.6) is 0 Å². The molecule has 4 N–H and O–H groups in total. The van der Waals surface area contributed by atoms with Crippen LogP contribution >= 0.6 is 23.5 Å². The van der Waals surface area contributed by atoms with Crippen molar-refractivity contribution in [2.45, 2.75) is 0 Å². The molecule has 0 radical (unpaired) electrons. The first kappa shape index (κ1) is 29.4. The molecule has 0 spiro atoms. The lowest BCUT2D eigenvalue weighted by molar-refractivity contribution is 1.51. The van der Waals surface area contributed by atoms with E-state index in [0.29, 0.717) is 0 Å². The summed E-state index contributed by atoms with van der Waals surface area (Å²) in [4.78, 5) is 2.49. The fourth-order valence-corrected chi connectivity index (χ4v) is 7.05. The van der Waals surface area contributed by atoms with Gasteiger partial charge in [0.2, 0.25) is 0 Å². The number of rotatable bonds is 10. The van der Waals surface area contributed by atoms with Crippen molar-refractivity contribution in [3.05, 3.63) is 180 Å². The van der Waals surface area contributed by atoms with E-state index in [2.05, 4.69) is 153 Å². The summed E-state index contributed by atoms with van der Waals surface area (Å²) in [6.07, 6.45) is 0. The smallest absolute Gasteiger partial charge is 0.0385 e. The van der Waals surface area contributed by atoms with E-state index in [4.69, 9.17) is 0 Å². The Kier molecular flexibility index (Phi) is 9.08. The third-order valence-corrected chi connectivity index (χ3v) is 9.57. The largest absolute Gasteiger partial charge is 0.356 e. The van der Waals surface area contributed by atoms with E-state index >= 15 is 0 Å². The first-order valence-corrected chi connectivity index (χ1v) is 16.8. The molecule has 7 rings (SSSR count). The highest BCUT2D eigenvalue weighted by molar-refractivity contribution is 8.20. The summed E-state index contributed by atoms with van der Waals surface area (Å²) in [6, 6.07) is 54.4. The van der Waals surface area contributed by atoms with Crippen LogP contribution in [0.3, 0.4) is 0 Å². The highest BCUT2D eigenvalue weighted by Gasteiger charge is 2.13. The van der Waals surface area contributed by atoms with Gasteiger partial charge in [-0.3, -0.25) is 0 Å². The molecule has 0 aliphatic carbocycles. The molecule has 6 aromatic carbocycles. The van der Waals surface area contributed by atoms with E-state index in [0.717, 1.165) is 45.5 Å². The Hall–Kier alpha value is -5.30. The van der Waals surface area contributed by atoms with E-state index in [-0.39, 0.29) is 0 Å². The second-order valence-corrected chi connectivity index (χ2v) is 12.6. The van der Waals surface area contributed by atoms with Crippen LogP contribution in [0.15, 0.2) is 169 Å². The minimum absolute atomic E-state index is 1.05. The van der Waals surface area contributed by atoms with E-state index in [1.54, 1.807) is 11.8 Å². The zero-order chi connectivity index (χ0) is 31.0. The second kappa shape index (κ2) is 14.2. The maximum Gasteiger partial charge on any atom is 0.0385 e. The van der Waals surface area contributed by atoms with Crippen molar-refractivity contribution in [3.8, 4) is 0 Å². The van der Waals surface area contributed by atoms with Gasteiger partial charge in [-0.2, -0.15) is 0 Å². The third-order valence-electron chi connectivity index (χ3n) is 7.38. The van der Waals surface area contributed by atoms with Crippen molar-refractivity contribution in [2.24, 2.45) is 0 Å². The minimum atomic E-state index is 1.05. The third kappa shape index (κ3) is 7.67. The fourth-order valence-electron chi connectivity index (χ4n) is 5.00. The lowest BCUT2D eigenvalue weighted by Crippen LogP contribution is -1.93. The standard InChI is InChI=1S/C40H32N4S2/c1-3-7-31(8-4-1)41-35-19-23-37(24-20-35)43-33-15-11-29(12-16-33)39-27-45-28-40(46-39)30-13-17-34(18-14-30)44-38-25-21-36(22-26-38)42-32-9-5-2-6-10-32/h1-28,41-44H. The Labute approximate surface area is 278 Å². The molecule has 4 nitrogen and oxygen atoms in total. The van der Waals surface area contributed by atoms with Crippen LogP contribution in [-0.2, 0) is 0 Å². The average Bonchev–Trinajstić information content (AvgIpc) is 3.12. The maximum atomic E-state index is 3.52. The first-order valence-electron chi connectivity index (χ1n) is 15.1. The Morgan fingerprint density at radius 1 is 0.283 bits per heavy atom. The molecule has 0 fully saturated rings. The lowest BCUT2D eigenvalue weighted by Gasteiger charge is -2.16. The van der Waals surface area contributed by atoms with Crippen LogP contribution < -0.4 is 21.3 Å². The van der Waals surface area contributed by atoms with Crippen LogP contribution in [0.2, 0.25) is 0 Å². The Balaban J connectivity index is 0.925. The molecule has 0 amide bonds. The Bertz CT molecular complexity index is 1790. The zero-order valence-corrected chi connectivity index (χ0v) is 26.6. The molecule has 6 heteroatoms. The average molecular weight is 633 g/mol. The van der Waals surface area contributed by atoms with Crippen LogP contribution in [0, 0.1) is 0 Å². The van der Waals surface area contributed by atoms with Gasteiger partial charge in [0.25, 0.3) is 0 Å². The van der Waals surface area contributed by atoms with Crippen molar-refractivity contribution in [1.82, 2.24) is 0 Å². The summed E-state index contributed by atoms with van der Waals surface area (Å²) in [5.41, 5.74) is 10.9. The topological polar surface area (TPSA) is 48.1 Å². The highest BCUT2D eigenvalue weighted by Crippen LogP contribution is 2.45. The molecule has 46 heavy (non-hydrogen) atoms. The van der Waals surface area contributed by atoms with E-state index in [1.807, 2.05) is 48.2 Å². The quantitative estimate of drug-likeness (QED) is 0.121. The maximum absolute atomic E-state index is 3.52. The zero-order valence-electron chi connectivity index (χ0n) is 25.0. The van der Waals surface area contributed by atoms with Crippen LogP contribution in [-0.4, -0.2) is 0 Å². The molecule has 0 bridgehead atoms. The SMILES string of the molecule is C1=C(c2ccc(Nc3ccc(Nc4ccccc4)cc3)cc2)SC(c2ccc(Nc3ccc(Nc4ccccc4)cc3)cc2)=CS1. The molecule has 0 unspecified atom stereocenters. The van der Waals surface area contributed by atoms with E-state index in [1.165, 1.54) is 20.9 Å². The van der Waals surface area contributed by atoms with E-state index < -0.39 is 0 Å². The molecular weight excluding hydrogens is 601 g/mol. The first-order chi connectivity index (χ1) is 22.7. The van der Waals surface area contributed by atoms with Crippen molar-refractivity contribution in [1.29, 1.82) is 0 Å². The van der Waals surface area contributed by atoms with Crippen molar-refractivity contribution < 1.29 is 0 Å². The predicted octanol–water partition coefficient (Wildman–Crippen LogP) is 12.4. The van der Waals surface area contributed by atoms with Gasteiger partial charge in [0, 0.05) is 55.3 Å². The molecule has 224 valence electrons. The predicted molar refractivity (Wildman–Crippen MR) is 203 cm³/mol. The summed E-state index contributed by atoms with van der Waals surface area (Å²) in [5.74, 6) is 0. The van der Waals surface area contributed by atoms with Gasteiger partial charge in [-0.05, 0) is 119 Å². The monoisotopic (exact) mass is 632 g/mol. The van der Waals surface area contributed by atoms with Crippen LogP contribution in [0.1, 0.15) is 11.1 Å². The molecular formula is C40H32N4S2. The van der Waals surface area contributed by atoms with Crippen molar-refractivity contribution >= 4 is 78.8 Å². The number of nitrogens with one attached hydrogen (secondary N) is 4.